The van der Waals surface area contributed by atoms with Gasteiger partial charge in [-0.1, -0.05) is 19.4 Å². The summed E-state index contributed by atoms with van der Waals surface area (Å²) in [5.74, 6) is -0.734. The molecule has 19 heavy (non-hydrogen) atoms. The predicted molar refractivity (Wildman–Crippen MR) is 71.7 cm³/mol. The molecule has 1 aromatic rings. The normalized spacial score (nSPS) is 14.2. The Morgan fingerprint density at radius 3 is 2.42 bits per heavy atom. The van der Waals surface area contributed by atoms with E-state index in [1.54, 1.807) is 0 Å². The lowest BCUT2D eigenvalue weighted by molar-refractivity contribution is -0.118. The SMILES string of the molecule is CC(=O)[C@@H](N)C[C@H](C)CCCc1c(F)cccc1F. The highest BCUT2D eigenvalue weighted by Gasteiger charge is 2.14. The summed E-state index contributed by atoms with van der Waals surface area (Å²) >= 11 is 0. The van der Waals surface area contributed by atoms with E-state index in [1.165, 1.54) is 25.1 Å². The lowest BCUT2D eigenvalue weighted by Gasteiger charge is -2.15. The Kier molecular flexibility index (Phi) is 6.09. The summed E-state index contributed by atoms with van der Waals surface area (Å²) in [6.45, 7) is 3.48. The van der Waals surface area contributed by atoms with E-state index in [1.807, 2.05) is 6.92 Å². The van der Waals surface area contributed by atoms with Gasteiger partial charge in [0.2, 0.25) is 0 Å². The third kappa shape index (κ3) is 5.07. The second-order valence-corrected chi connectivity index (χ2v) is 5.15. The van der Waals surface area contributed by atoms with Crippen LogP contribution in [0.1, 0.15) is 38.7 Å². The number of rotatable bonds is 7. The Bertz CT molecular complexity index is 414. The first-order chi connectivity index (χ1) is 8.91. The average Bonchev–Trinajstić information content (AvgIpc) is 2.32. The molecule has 0 aliphatic carbocycles. The molecule has 0 unspecified atom stereocenters. The van der Waals surface area contributed by atoms with Crippen molar-refractivity contribution >= 4 is 5.78 Å². The molecule has 0 aliphatic rings. The van der Waals surface area contributed by atoms with Crippen molar-refractivity contribution in [3.8, 4) is 0 Å². The van der Waals surface area contributed by atoms with Gasteiger partial charge in [-0.05, 0) is 44.2 Å². The first-order valence-corrected chi connectivity index (χ1v) is 6.60. The van der Waals surface area contributed by atoms with E-state index >= 15 is 0 Å². The minimum Gasteiger partial charge on any atom is -0.322 e. The maximum atomic E-state index is 13.4. The molecule has 0 saturated heterocycles. The van der Waals surface area contributed by atoms with Gasteiger partial charge in [0.25, 0.3) is 0 Å². The number of hydrogen-bond acceptors (Lipinski definition) is 2. The Morgan fingerprint density at radius 1 is 1.32 bits per heavy atom. The van der Waals surface area contributed by atoms with Crippen LogP contribution < -0.4 is 5.73 Å². The van der Waals surface area contributed by atoms with Crippen LogP contribution in [0.3, 0.4) is 0 Å². The van der Waals surface area contributed by atoms with E-state index in [-0.39, 0.29) is 17.3 Å². The molecule has 0 amide bonds. The van der Waals surface area contributed by atoms with Crippen LogP contribution in [-0.2, 0) is 11.2 Å². The van der Waals surface area contributed by atoms with Crippen LogP contribution >= 0.6 is 0 Å². The van der Waals surface area contributed by atoms with Crippen LogP contribution in [0.2, 0.25) is 0 Å². The molecule has 4 heteroatoms. The summed E-state index contributed by atoms with van der Waals surface area (Å²) in [4.78, 5) is 11.0. The number of halogens is 2. The summed E-state index contributed by atoms with van der Waals surface area (Å²) in [5.41, 5.74) is 5.82. The second-order valence-electron chi connectivity index (χ2n) is 5.15. The number of nitrogens with two attached hydrogens (primary N) is 1. The number of benzene rings is 1. The van der Waals surface area contributed by atoms with Gasteiger partial charge in [0.15, 0.2) is 0 Å². The van der Waals surface area contributed by atoms with Crippen LogP contribution in [0.15, 0.2) is 18.2 Å². The van der Waals surface area contributed by atoms with Crippen LogP contribution in [0.4, 0.5) is 8.78 Å². The number of hydrogen-bond donors (Lipinski definition) is 1. The molecular weight excluding hydrogens is 248 g/mol. The first-order valence-electron chi connectivity index (χ1n) is 6.60. The molecule has 0 aromatic heterocycles. The monoisotopic (exact) mass is 269 g/mol. The van der Waals surface area contributed by atoms with Gasteiger partial charge >= 0.3 is 0 Å². The Labute approximate surface area is 113 Å². The van der Waals surface area contributed by atoms with Gasteiger partial charge in [0.05, 0.1) is 6.04 Å². The zero-order valence-corrected chi connectivity index (χ0v) is 11.5. The van der Waals surface area contributed by atoms with E-state index in [0.29, 0.717) is 19.3 Å². The van der Waals surface area contributed by atoms with Crippen LogP contribution in [0.25, 0.3) is 0 Å². The van der Waals surface area contributed by atoms with E-state index < -0.39 is 17.7 Å². The maximum absolute atomic E-state index is 13.4. The van der Waals surface area contributed by atoms with Crippen molar-refractivity contribution in [1.29, 1.82) is 0 Å². The minimum atomic E-state index is -0.493. The maximum Gasteiger partial charge on any atom is 0.146 e. The highest BCUT2D eigenvalue weighted by molar-refractivity contribution is 5.81. The van der Waals surface area contributed by atoms with Crippen molar-refractivity contribution in [1.82, 2.24) is 0 Å². The van der Waals surface area contributed by atoms with Crippen molar-refractivity contribution in [3.63, 3.8) is 0 Å². The van der Waals surface area contributed by atoms with Gasteiger partial charge in [-0.2, -0.15) is 0 Å². The van der Waals surface area contributed by atoms with Gasteiger partial charge in [-0.15, -0.1) is 0 Å². The van der Waals surface area contributed by atoms with Gasteiger partial charge < -0.3 is 5.73 Å². The quantitative estimate of drug-likeness (QED) is 0.825. The highest BCUT2D eigenvalue weighted by atomic mass is 19.1. The minimum absolute atomic E-state index is 0.0213. The lowest BCUT2D eigenvalue weighted by Crippen LogP contribution is -2.30. The van der Waals surface area contributed by atoms with Gasteiger partial charge in [0.1, 0.15) is 17.4 Å². The van der Waals surface area contributed by atoms with Crippen molar-refractivity contribution in [2.75, 3.05) is 0 Å². The van der Waals surface area contributed by atoms with Gasteiger partial charge in [-0.3, -0.25) is 4.79 Å². The molecule has 0 radical (unpaired) electrons. The number of ketones is 1. The van der Waals surface area contributed by atoms with E-state index in [2.05, 4.69) is 0 Å². The molecule has 0 heterocycles. The Morgan fingerprint density at radius 2 is 1.89 bits per heavy atom. The molecule has 0 bridgehead atoms. The molecule has 0 saturated carbocycles. The number of carbonyl (C=O) groups excluding carboxylic acids is 1. The Hall–Kier alpha value is -1.29. The number of carbonyl (C=O) groups is 1. The first kappa shape index (κ1) is 15.8. The summed E-state index contributed by atoms with van der Waals surface area (Å²) in [5, 5.41) is 0. The summed E-state index contributed by atoms with van der Waals surface area (Å²) in [6.07, 6.45) is 2.48. The number of Topliss-reactive ketones (excluding diaryl/α,β-unsaturated/α-hetero) is 1. The van der Waals surface area contributed by atoms with Crippen LogP contribution in [0, 0.1) is 17.6 Å². The summed E-state index contributed by atoms with van der Waals surface area (Å²) in [6, 6.07) is 3.48. The second kappa shape index (κ2) is 7.34. The fraction of sp³-hybridized carbons (Fsp3) is 0.533. The van der Waals surface area contributed by atoms with Crippen LogP contribution in [0.5, 0.6) is 0 Å². The predicted octanol–water partition coefficient (Wildman–Crippen LogP) is 3.23. The zero-order valence-electron chi connectivity index (χ0n) is 11.5. The van der Waals surface area contributed by atoms with E-state index in [9.17, 15) is 13.6 Å². The summed E-state index contributed by atoms with van der Waals surface area (Å²) in [7, 11) is 0. The highest BCUT2D eigenvalue weighted by Crippen LogP contribution is 2.18. The smallest absolute Gasteiger partial charge is 0.146 e. The molecule has 1 aromatic carbocycles. The summed E-state index contributed by atoms with van der Waals surface area (Å²) < 4.78 is 26.8. The van der Waals surface area contributed by atoms with Crippen LogP contribution in [-0.4, -0.2) is 11.8 Å². The van der Waals surface area contributed by atoms with Crippen molar-refractivity contribution < 1.29 is 13.6 Å². The van der Waals surface area contributed by atoms with E-state index in [4.69, 9.17) is 5.73 Å². The molecule has 0 spiro atoms. The zero-order chi connectivity index (χ0) is 14.4. The van der Waals surface area contributed by atoms with Crippen molar-refractivity contribution in [3.05, 3.63) is 35.4 Å². The van der Waals surface area contributed by atoms with Gasteiger partial charge in [-0.25, -0.2) is 8.78 Å². The molecule has 0 aliphatic heterocycles. The average molecular weight is 269 g/mol. The third-order valence-electron chi connectivity index (χ3n) is 3.36. The fourth-order valence-electron chi connectivity index (χ4n) is 2.12. The third-order valence-corrected chi connectivity index (χ3v) is 3.36. The van der Waals surface area contributed by atoms with E-state index in [0.717, 1.165) is 6.42 Å². The molecular formula is C15H21F2NO. The standard InChI is InChI=1S/C15H21F2NO/c1-10(9-15(18)11(2)19)5-3-6-12-13(16)7-4-8-14(12)17/h4,7-8,10,15H,3,5-6,9,18H2,1-2H3/t10-,15+/m1/s1. The largest absolute Gasteiger partial charge is 0.322 e. The van der Waals surface area contributed by atoms with Gasteiger partial charge in [0, 0.05) is 5.56 Å². The molecule has 1 rings (SSSR count). The topological polar surface area (TPSA) is 43.1 Å². The fourth-order valence-corrected chi connectivity index (χ4v) is 2.12. The lowest BCUT2D eigenvalue weighted by atomic mass is 9.94. The molecule has 106 valence electrons. The molecule has 2 N–H and O–H groups in total. The molecule has 2 nitrogen and oxygen atoms in total. The van der Waals surface area contributed by atoms with Crippen molar-refractivity contribution in [2.45, 2.75) is 45.6 Å². The molecule has 2 atom stereocenters. The Balaban J connectivity index is 2.40. The molecule has 0 fully saturated rings. The van der Waals surface area contributed by atoms with Crippen molar-refractivity contribution in [2.24, 2.45) is 11.7 Å².